The SMILES string of the molecule is Cn1c(=O)c(CC(C)(C)N)cc2ccc(F)cc21. The van der Waals surface area contributed by atoms with Gasteiger partial charge in [0.25, 0.3) is 5.56 Å². The smallest absolute Gasteiger partial charge is 0.254 e. The lowest BCUT2D eigenvalue weighted by Gasteiger charge is -2.19. The van der Waals surface area contributed by atoms with E-state index in [1.165, 1.54) is 16.7 Å². The van der Waals surface area contributed by atoms with Crippen LogP contribution in [0.4, 0.5) is 4.39 Å². The number of pyridine rings is 1. The number of hydrogen-bond acceptors (Lipinski definition) is 2. The van der Waals surface area contributed by atoms with E-state index in [1.807, 2.05) is 13.8 Å². The Bertz CT molecular complexity index is 653. The molecule has 0 amide bonds. The molecule has 0 spiro atoms. The number of rotatable bonds is 2. The second-order valence-corrected chi connectivity index (χ2v) is 5.40. The highest BCUT2D eigenvalue weighted by Crippen LogP contribution is 2.16. The van der Waals surface area contributed by atoms with E-state index in [2.05, 4.69) is 0 Å². The van der Waals surface area contributed by atoms with Crippen LogP contribution in [0.5, 0.6) is 0 Å². The van der Waals surface area contributed by atoms with Gasteiger partial charge in [-0.2, -0.15) is 0 Å². The lowest BCUT2D eigenvalue weighted by molar-refractivity contribution is 0.513. The van der Waals surface area contributed by atoms with Gasteiger partial charge in [-0.25, -0.2) is 4.39 Å². The molecule has 0 unspecified atom stereocenters. The molecule has 0 bridgehead atoms. The number of hydrogen-bond donors (Lipinski definition) is 1. The van der Waals surface area contributed by atoms with Crippen LogP contribution < -0.4 is 11.3 Å². The molecule has 0 saturated carbocycles. The summed E-state index contributed by atoms with van der Waals surface area (Å²) < 4.78 is 14.7. The maximum atomic E-state index is 13.2. The summed E-state index contributed by atoms with van der Waals surface area (Å²) in [6.45, 7) is 3.75. The molecule has 0 aliphatic carbocycles. The number of aromatic nitrogens is 1. The summed E-state index contributed by atoms with van der Waals surface area (Å²) in [7, 11) is 1.65. The van der Waals surface area contributed by atoms with Crippen LogP contribution in [0.25, 0.3) is 10.9 Å². The third-order valence-electron chi connectivity index (χ3n) is 2.91. The number of nitrogens with zero attached hydrogens (tertiary/aromatic N) is 1. The van der Waals surface area contributed by atoms with Crippen molar-refractivity contribution in [2.45, 2.75) is 25.8 Å². The monoisotopic (exact) mass is 248 g/mol. The Morgan fingerprint density at radius 3 is 2.61 bits per heavy atom. The fraction of sp³-hybridized carbons (Fsp3) is 0.357. The Hall–Kier alpha value is -1.68. The van der Waals surface area contributed by atoms with Gasteiger partial charge in [0.15, 0.2) is 0 Å². The van der Waals surface area contributed by atoms with Crippen molar-refractivity contribution < 1.29 is 4.39 Å². The van der Waals surface area contributed by atoms with Crippen LogP contribution in [0.3, 0.4) is 0 Å². The summed E-state index contributed by atoms with van der Waals surface area (Å²) in [5, 5.41) is 0.845. The van der Waals surface area contributed by atoms with Gasteiger partial charge in [0.2, 0.25) is 0 Å². The molecule has 96 valence electrons. The lowest BCUT2D eigenvalue weighted by atomic mass is 9.96. The fourth-order valence-corrected chi connectivity index (χ4v) is 2.12. The van der Waals surface area contributed by atoms with Crippen LogP contribution in [0, 0.1) is 5.82 Å². The molecule has 3 nitrogen and oxygen atoms in total. The maximum absolute atomic E-state index is 13.2. The molecule has 0 atom stereocenters. The van der Waals surface area contributed by atoms with Crippen molar-refractivity contribution in [1.29, 1.82) is 0 Å². The Morgan fingerprint density at radius 1 is 1.33 bits per heavy atom. The molecule has 0 aliphatic rings. The maximum Gasteiger partial charge on any atom is 0.254 e. The van der Waals surface area contributed by atoms with Gasteiger partial charge < -0.3 is 10.3 Å². The van der Waals surface area contributed by atoms with E-state index in [4.69, 9.17) is 5.73 Å². The molecule has 0 saturated heterocycles. The van der Waals surface area contributed by atoms with E-state index in [0.717, 1.165) is 5.39 Å². The quantitative estimate of drug-likeness (QED) is 0.883. The minimum atomic E-state index is -0.445. The van der Waals surface area contributed by atoms with E-state index < -0.39 is 5.54 Å². The standard InChI is InChI=1S/C14H17FN2O/c1-14(2,16)8-10-6-9-4-5-11(15)7-12(9)17(3)13(10)18/h4-7H,8,16H2,1-3H3. The predicted molar refractivity (Wildman–Crippen MR) is 71.1 cm³/mol. The molecule has 4 heteroatoms. The molecule has 1 aromatic carbocycles. The number of nitrogens with two attached hydrogens (primary N) is 1. The molecule has 2 N–H and O–H groups in total. The average Bonchev–Trinajstić information content (AvgIpc) is 2.25. The minimum Gasteiger partial charge on any atom is -0.325 e. The van der Waals surface area contributed by atoms with Crippen LogP contribution >= 0.6 is 0 Å². The Kier molecular flexibility index (Phi) is 2.99. The largest absolute Gasteiger partial charge is 0.325 e. The van der Waals surface area contributed by atoms with E-state index in [9.17, 15) is 9.18 Å². The van der Waals surface area contributed by atoms with Crippen molar-refractivity contribution in [3.63, 3.8) is 0 Å². The van der Waals surface area contributed by atoms with Gasteiger partial charge >= 0.3 is 0 Å². The van der Waals surface area contributed by atoms with Crippen molar-refractivity contribution in [2.75, 3.05) is 0 Å². The Labute approximate surface area is 105 Å². The zero-order chi connectivity index (χ0) is 13.5. The molecule has 2 rings (SSSR count). The predicted octanol–water partition coefficient (Wildman–Crippen LogP) is 1.96. The van der Waals surface area contributed by atoms with Crippen LogP contribution in [-0.2, 0) is 13.5 Å². The number of aryl methyl sites for hydroxylation is 1. The van der Waals surface area contributed by atoms with Gasteiger partial charge in [0.1, 0.15) is 5.82 Å². The first-order chi connectivity index (χ1) is 8.28. The highest BCUT2D eigenvalue weighted by Gasteiger charge is 2.16. The fourth-order valence-electron chi connectivity index (χ4n) is 2.12. The minimum absolute atomic E-state index is 0.119. The molecule has 1 aromatic heterocycles. The number of fused-ring (bicyclic) bond motifs is 1. The van der Waals surface area contributed by atoms with E-state index in [-0.39, 0.29) is 11.4 Å². The van der Waals surface area contributed by atoms with Gasteiger partial charge in [-0.1, -0.05) is 0 Å². The van der Waals surface area contributed by atoms with Crippen molar-refractivity contribution in [2.24, 2.45) is 12.8 Å². The zero-order valence-corrected chi connectivity index (χ0v) is 10.8. The highest BCUT2D eigenvalue weighted by molar-refractivity contribution is 5.79. The third-order valence-corrected chi connectivity index (χ3v) is 2.91. The number of benzene rings is 1. The number of halogens is 1. The first-order valence-corrected chi connectivity index (χ1v) is 5.85. The third kappa shape index (κ3) is 2.43. The van der Waals surface area contributed by atoms with Gasteiger partial charge in [-0.05, 0) is 49.9 Å². The Balaban J connectivity index is 2.68. The highest BCUT2D eigenvalue weighted by atomic mass is 19.1. The van der Waals surface area contributed by atoms with Gasteiger partial charge in [-0.3, -0.25) is 4.79 Å². The van der Waals surface area contributed by atoms with Crippen LogP contribution in [0.2, 0.25) is 0 Å². The van der Waals surface area contributed by atoms with Crippen LogP contribution in [-0.4, -0.2) is 10.1 Å². The van der Waals surface area contributed by atoms with E-state index >= 15 is 0 Å². The molecule has 0 radical (unpaired) electrons. The molecule has 2 aromatic rings. The zero-order valence-electron chi connectivity index (χ0n) is 10.8. The first kappa shape index (κ1) is 12.8. The van der Waals surface area contributed by atoms with Crippen molar-refractivity contribution in [3.05, 3.63) is 46.0 Å². The van der Waals surface area contributed by atoms with Gasteiger partial charge in [-0.15, -0.1) is 0 Å². The van der Waals surface area contributed by atoms with Crippen LogP contribution in [0.15, 0.2) is 29.1 Å². The van der Waals surface area contributed by atoms with E-state index in [0.29, 0.717) is 17.5 Å². The normalized spacial score (nSPS) is 12.1. The van der Waals surface area contributed by atoms with Crippen LogP contribution in [0.1, 0.15) is 19.4 Å². The van der Waals surface area contributed by atoms with Crippen molar-refractivity contribution in [3.8, 4) is 0 Å². The summed E-state index contributed by atoms with van der Waals surface area (Å²) in [4.78, 5) is 12.2. The first-order valence-electron chi connectivity index (χ1n) is 5.85. The van der Waals surface area contributed by atoms with E-state index in [1.54, 1.807) is 19.2 Å². The van der Waals surface area contributed by atoms with Gasteiger partial charge in [0, 0.05) is 18.2 Å². The molecule has 0 fully saturated rings. The second-order valence-electron chi connectivity index (χ2n) is 5.40. The molecular formula is C14H17FN2O. The molecule has 0 aliphatic heterocycles. The molecular weight excluding hydrogens is 231 g/mol. The average molecular weight is 248 g/mol. The Morgan fingerprint density at radius 2 is 2.00 bits per heavy atom. The van der Waals surface area contributed by atoms with Crippen molar-refractivity contribution >= 4 is 10.9 Å². The molecule has 18 heavy (non-hydrogen) atoms. The second kappa shape index (κ2) is 4.21. The van der Waals surface area contributed by atoms with Crippen molar-refractivity contribution in [1.82, 2.24) is 4.57 Å². The van der Waals surface area contributed by atoms with Gasteiger partial charge in [0.05, 0.1) is 5.52 Å². The summed E-state index contributed by atoms with van der Waals surface area (Å²) in [6, 6.07) is 6.24. The summed E-state index contributed by atoms with van der Waals surface area (Å²) >= 11 is 0. The lowest BCUT2D eigenvalue weighted by Crippen LogP contribution is -2.37. The molecule has 1 heterocycles. The topological polar surface area (TPSA) is 48.0 Å². The summed E-state index contributed by atoms with van der Waals surface area (Å²) in [5.74, 6) is -0.343. The summed E-state index contributed by atoms with van der Waals surface area (Å²) in [5.41, 5.74) is 6.64. The summed E-state index contributed by atoms with van der Waals surface area (Å²) in [6.07, 6.45) is 0.493.